The average molecular weight is 741 g/mol. The van der Waals surface area contributed by atoms with Crippen LogP contribution in [-0.4, -0.2) is 35.9 Å². The molecule has 12 heteroatoms. The second-order valence-electron chi connectivity index (χ2n) is 10.5. The number of methoxy groups -OCH3 is 2. The van der Waals surface area contributed by atoms with Crippen LogP contribution >= 0.6 is 50.5 Å². The Morgan fingerprint density at radius 2 is 1.80 bits per heavy atom. The Bertz CT molecular complexity index is 2240. The van der Waals surface area contributed by atoms with Crippen molar-refractivity contribution in [2.24, 2.45) is 4.99 Å². The zero-order valence-corrected chi connectivity index (χ0v) is 29.2. The number of rotatable bonds is 8. The number of fused-ring (bicyclic) bond motifs is 2. The fraction of sp³-hybridized carbons (Fsp3) is 0.206. The Balaban J connectivity index is 1.54. The number of para-hydroxylation sites is 1. The number of allylic oxidation sites excluding steroid dienone is 1. The third-order valence-corrected chi connectivity index (χ3v) is 10.2. The molecule has 8 nitrogen and oxygen atoms in total. The van der Waals surface area contributed by atoms with Crippen molar-refractivity contribution in [3.63, 3.8) is 0 Å². The van der Waals surface area contributed by atoms with Gasteiger partial charge in [0.15, 0.2) is 16.3 Å². The predicted molar refractivity (Wildman–Crippen MR) is 185 cm³/mol. The summed E-state index contributed by atoms with van der Waals surface area (Å²) in [5, 5.41) is 1.97. The van der Waals surface area contributed by atoms with E-state index in [1.807, 2.05) is 48.7 Å². The maximum atomic E-state index is 14.3. The minimum absolute atomic E-state index is 0.173. The smallest absolute Gasteiger partial charge is 0.338 e. The molecule has 0 amide bonds. The lowest BCUT2D eigenvalue weighted by Gasteiger charge is -2.26. The van der Waals surface area contributed by atoms with Gasteiger partial charge in [0, 0.05) is 33.7 Å². The normalized spacial score (nSPS) is 14.8. The monoisotopic (exact) mass is 739 g/mol. The molecule has 0 N–H and O–H groups in total. The maximum absolute atomic E-state index is 14.3. The Hall–Kier alpha value is -3.83. The fourth-order valence-electron chi connectivity index (χ4n) is 5.66. The molecule has 0 aliphatic carbocycles. The van der Waals surface area contributed by atoms with E-state index in [2.05, 4.69) is 20.5 Å². The van der Waals surface area contributed by atoms with Crippen molar-refractivity contribution in [2.45, 2.75) is 26.4 Å². The second kappa shape index (κ2) is 13.1. The zero-order valence-electron chi connectivity index (χ0n) is 25.3. The maximum Gasteiger partial charge on any atom is 0.338 e. The lowest BCUT2D eigenvalue weighted by atomic mass is 9.95. The van der Waals surface area contributed by atoms with Gasteiger partial charge in [-0.1, -0.05) is 74.7 Å². The van der Waals surface area contributed by atoms with Gasteiger partial charge in [-0.15, -0.1) is 0 Å². The second-order valence-corrected chi connectivity index (χ2v) is 13.2. The molecule has 0 fully saturated rings. The highest BCUT2D eigenvalue weighted by molar-refractivity contribution is 9.10. The van der Waals surface area contributed by atoms with E-state index in [-0.39, 0.29) is 17.7 Å². The number of carbonyl (C=O) groups excluding carboxylic acids is 1. The highest BCUT2D eigenvalue weighted by Crippen LogP contribution is 2.41. The SMILES string of the molecule is CCOC(=O)C1=C(C)N=c2s/c(=C\c3cn(Cc4ccc(Cl)c(Cl)c4)c4ccccc34)c(=O)n2[C@@H]1c1cc(OC)c(OC)cc1Br. The van der Waals surface area contributed by atoms with Crippen LogP contribution in [0.15, 0.2) is 86.3 Å². The van der Waals surface area contributed by atoms with Gasteiger partial charge < -0.3 is 18.8 Å². The molecule has 3 aromatic carbocycles. The molecule has 46 heavy (non-hydrogen) atoms. The first-order valence-corrected chi connectivity index (χ1v) is 16.6. The summed E-state index contributed by atoms with van der Waals surface area (Å²) in [4.78, 5) is 32.9. The van der Waals surface area contributed by atoms with Crippen molar-refractivity contribution in [2.75, 3.05) is 20.8 Å². The molecule has 236 valence electrons. The van der Waals surface area contributed by atoms with E-state index >= 15 is 0 Å². The number of hydrogen-bond acceptors (Lipinski definition) is 7. The van der Waals surface area contributed by atoms with Crippen LogP contribution in [0, 0.1) is 0 Å². The molecule has 0 unspecified atom stereocenters. The summed E-state index contributed by atoms with van der Waals surface area (Å²) in [6, 6.07) is 16.3. The Labute approximate surface area is 286 Å². The molecular weight excluding hydrogens is 713 g/mol. The molecule has 0 spiro atoms. The first kappa shape index (κ1) is 32.1. The molecule has 5 aromatic rings. The van der Waals surface area contributed by atoms with E-state index in [0.717, 1.165) is 22.0 Å². The first-order chi connectivity index (χ1) is 22.1. The van der Waals surface area contributed by atoms with E-state index in [1.54, 1.807) is 43.7 Å². The van der Waals surface area contributed by atoms with Crippen molar-refractivity contribution in [1.82, 2.24) is 9.13 Å². The largest absolute Gasteiger partial charge is 0.493 e. The third kappa shape index (κ3) is 5.79. The van der Waals surface area contributed by atoms with Crippen LogP contribution in [0.4, 0.5) is 0 Å². The van der Waals surface area contributed by atoms with Gasteiger partial charge in [-0.25, -0.2) is 9.79 Å². The zero-order chi connectivity index (χ0) is 32.7. The topological polar surface area (TPSA) is 84.1 Å². The van der Waals surface area contributed by atoms with Crippen molar-refractivity contribution < 1.29 is 19.0 Å². The number of esters is 1. The van der Waals surface area contributed by atoms with Crippen LogP contribution < -0.4 is 24.4 Å². The van der Waals surface area contributed by atoms with E-state index in [9.17, 15) is 9.59 Å². The fourth-order valence-corrected chi connectivity index (χ4v) is 7.56. The van der Waals surface area contributed by atoms with Crippen molar-refractivity contribution in [1.29, 1.82) is 0 Å². The number of thiazole rings is 1. The molecule has 0 bridgehead atoms. The number of nitrogens with zero attached hydrogens (tertiary/aromatic N) is 3. The van der Waals surface area contributed by atoms with Crippen LogP contribution in [0.5, 0.6) is 11.5 Å². The van der Waals surface area contributed by atoms with E-state index < -0.39 is 12.0 Å². The minimum Gasteiger partial charge on any atom is -0.493 e. The van der Waals surface area contributed by atoms with E-state index in [1.165, 1.54) is 18.4 Å². The number of carbonyl (C=O) groups is 1. The summed E-state index contributed by atoms with van der Waals surface area (Å²) in [7, 11) is 3.08. The predicted octanol–water partition coefficient (Wildman–Crippen LogP) is 6.89. The van der Waals surface area contributed by atoms with Crippen LogP contribution in [0.2, 0.25) is 10.0 Å². The van der Waals surface area contributed by atoms with E-state index in [4.69, 9.17) is 42.4 Å². The lowest BCUT2D eigenvalue weighted by molar-refractivity contribution is -0.139. The van der Waals surface area contributed by atoms with Crippen LogP contribution in [-0.2, 0) is 16.1 Å². The van der Waals surface area contributed by atoms with Crippen LogP contribution in [0.1, 0.15) is 36.6 Å². The number of ether oxygens (including phenoxy) is 3. The number of benzene rings is 3. The summed E-state index contributed by atoms with van der Waals surface area (Å²) < 4.78 is 21.3. The average Bonchev–Trinajstić information content (AvgIpc) is 3.54. The van der Waals surface area contributed by atoms with Gasteiger partial charge in [0.2, 0.25) is 0 Å². The van der Waals surface area contributed by atoms with Gasteiger partial charge in [-0.2, -0.15) is 0 Å². The molecule has 1 atom stereocenters. The summed E-state index contributed by atoms with van der Waals surface area (Å²) in [6.07, 6.45) is 3.89. The molecule has 0 saturated heterocycles. The van der Waals surface area contributed by atoms with Crippen molar-refractivity contribution in [3.05, 3.63) is 123 Å². The Morgan fingerprint density at radius 1 is 1.07 bits per heavy atom. The summed E-state index contributed by atoms with van der Waals surface area (Å²) in [5.74, 6) is 0.409. The molecule has 1 aliphatic heterocycles. The van der Waals surface area contributed by atoms with Crippen molar-refractivity contribution >= 4 is 73.4 Å². The van der Waals surface area contributed by atoms with Gasteiger partial charge in [-0.05, 0) is 61.4 Å². The quantitative estimate of drug-likeness (QED) is 0.162. The third-order valence-electron chi connectivity index (χ3n) is 7.76. The molecule has 0 radical (unpaired) electrons. The molecular formula is C34H28BrCl2N3O5S. The Morgan fingerprint density at radius 3 is 2.52 bits per heavy atom. The van der Waals surface area contributed by atoms with Crippen molar-refractivity contribution in [3.8, 4) is 11.5 Å². The number of halogens is 3. The molecule has 3 heterocycles. The van der Waals surface area contributed by atoms with Crippen LogP contribution in [0.3, 0.4) is 0 Å². The molecule has 0 saturated carbocycles. The van der Waals surface area contributed by atoms with Gasteiger partial charge in [0.05, 0.1) is 52.7 Å². The van der Waals surface area contributed by atoms with Gasteiger partial charge >= 0.3 is 5.97 Å². The number of hydrogen-bond donors (Lipinski definition) is 0. The Kier molecular flexibility index (Phi) is 9.16. The first-order valence-electron chi connectivity index (χ1n) is 14.3. The summed E-state index contributed by atoms with van der Waals surface area (Å²) >= 11 is 17.3. The minimum atomic E-state index is -0.831. The van der Waals surface area contributed by atoms with E-state index in [0.29, 0.717) is 53.2 Å². The lowest BCUT2D eigenvalue weighted by Crippen LogP contribution is -2.40. The highest BCUT2D eigenvalue weighted by Gasteiger charge is 2.35. The number of aromatic nitrogens is 2. The molecule has 6 rings (SSSR count). The molecule has 1 aliphatic rings. The molecule has 2 aromatic heterocycles. The van der Waals surface area contributed by atoms with Gasteiger partial charge in [-0.3, -0.25) is 9.36 Å². The summed E-state index contributed by atoms with van der Waals surface area (Å²) in [6.45, 7) is 4.22. The van der Waals surface area contributed by atoms with Gasteiger partial charge in [0.1, 0.15) is 0 Å². The van der Waals surface area contributed by atoms with Gasteiger partial charge in [0.25, 0.3) is 5.56 Å². The standard InChI is InChI=1S/C34H28BrCl2N3O5S/c1-5-45-33(42)30-18(2)38-34-40(31(30)22-14-27(43-3)28(44-4)15-23(22)35)32(41)29(46-34)13-20-17-39(26-9-7-6-8-21(20)26)16-19-10-11-24(36)25(37)12-19/h6-15,17,31H,5,16H2,1-4H3/b29-13-/t31-/m1/s1. The summed E-state index contributed by atoms with van der Waals surface area (Å²) in [5.41, 5.74) is 3.94. The highest BCUT2D eigenvalue weighted by atomic mass is 79.9. The van der Waals surface area contributed by atoms with Crippen LogP contribution in [0.25, 0.3) is 17.0 Å².